The summed E-state index contributed by atoms with van der Waals surface area (Å²) in [5.74, 6) is -1.01. The van der Waals surface area contributed by atoms with E-state index in [0.717, 1.165) is 5.39 Å². The molecular weight excluding hydrogens is 352 g/mol. The first-order chi connectivity index (χ1) is 12.8. The minimum absolute atomic E-state index is 0.0153. The first-order valence-corrected chi connectivity index (χ1v) is 8.31. The van der Waals surface area contributed by atoms with Gasteiger partial charge < -0.3 is 24.7 Å². The molecule has 0 aliphatic carbocycles. The topological polar surface area (TPSA) is 133 Å². The molecule has 8 heteroatoms. The van der Waals surface area contributed by atoms with Crippen LogP contribution in [0.3, 0.4) is 0 Å². The van der Waals surface area contributed by atoms with Gasteiger partial charge in [-0.15, -0.1) is 0 Å². The van der Waals surface area contributed by atoms with E-state index >= 15 is 0 Å². The van der Waals surface area contributed by atoms with Crippen LogP contribution in [0, 0.1) is 11.3 Å². The largest absolute Gasteiger partial charge is 0.511 e. The summed E-state index contributed by atoms with van der Waals surface area (Å²) in [6.45, 7) is 3.18. The van der Waals surface area contributed by atoms with E-state index < -0.39 is 17.9 Å². The van der Waals surface area contributed by atoms with Crippen molar-refractivity contribution in [1.82, 2.24) is 5.32 Å². The summed E-state index contributed by atoms with van der Waals surface area (Å²) in [6.07, 6.45) is 0.386. The zero-order valence-corrected chi connectivity index (χ0v) is 15.0. The predicted molar refractivity (Wildman–Crippen MR) is 96.1 cm³/mol. The molecule has 1 amide bonds. The van der Waals surface area contributed by atoms with Crippen LogP contribution in [0.15, 0.2) is 40.0 Å². The maximum atomic E-state index is 12.0. The lowest BCUT2D eigenvalue weighted by Gasteiger charge is -2.11. The first-order valence-electron chi connectivity index (χ1n) is 8.31. The number of carbonyl (C=O) groups excluding carboxylic acids is 1. The summed E-state index contributed by atoms with van der Waals surface area (Å²) in [7, 11) is 0. The Hall–Kier alpha value is -3.47. The van der Waals surface area contributed by atoms with E-state index in [1.807, 2.05) is 6.07 Å². The van der Waals surface area contributed by atoms with E-state index in [1.54, 1.807) is 31.2 Å². The number of carboxylic acid groups (broad SMARTS) is 1. The summed E-state index contributed by atoms with van der Waals surface area (Å²) in [5.41, 5.74) is 0.124. The summed E-state index contributed by atoms with van der Waals surface area (Å²) < 4.78 is 11.4. The third kappa shape index (κ3) is 5.01. The molecule has 142 valence electrons. The van der Waals surface area contributed by atoms with Crippen LogP contribution in [0.25, 0.3) is 11.0 Å². The highest BCUT2D eigenvalue weighted by molar-refractivity contribution is 5.97. The molecule has 1 heterocycles. The number of para-hydroxylation sites is 1. The number of nitrogens with one attached hydrogen (secondary N) is 1. The van der Waals surface area contributed by atoms with Crippen LogP contribution in [0.1, 0.15) is 38.5 Å². The van der Waals surface area contributed by atoms with Crippen molar-refractivity contribution < 1.29 is 29.0 Å². The van der Waals surface area contributed by atoms with Crippen molar-refractivity contribution in [3.05, 3.63) is 41.4 Å². The quantitative estimate of drug-likeness (QED) is 0.280. The number of carboxylic acids is 1. The third-order valence-corrected chi connectivity index (χ3v) is 3.79. The van der Waals surface area contributed by atoms with Crippen LogP contribution < -0.4 is 10.1 Å². The van der Waals surface area contributed by atoms with Gasteiger partial charge in [-0.2, -0.15) is 5.26 Å². The molecule has 0 spiro atoms. The third-order valence-electron chi connectivity index (χ3n) is 3.79. The van der Waals surface area contributed by atoms with Crippen LogP contribution in [0.5, 0.6) is 5.75 Å². The van der Waals surface area contributed by atoms with E-state index in [2.05, 4.69) is 5.32 Å². The minimum Gasteiger partial charge on any atom is -0.511 e. The molecule has 0 saturated heterocycles. The monoisotopic (exact) mass is 372 g/mol. The average molecular weight is 372 g/mol. The Morgan fingerprint density at radius 1 is 1.37 bits per heavy atom. The molecule has 8 nitrogen and oxygen atoms in total. The fourth-order valence-electron chi connectivity index (χ4n) is 2.42. The highest BCUT2D eigenvalue weighted by Crippen LogP contribution is 2.31. The zero-order chi connectivity index (χ0) is 20.0. The van der Waals surface area contributed by atoms with E-state index in [0.29, 0.717) is 23.5 Å². The summed E-state index contributed by atoms with van der Waals surface area (Å²) in [4.78, 5) is 22.6. The fraction of sp³-hybridized carbons (Fsp3) is 0.316. The van der Waals surface area contributed by atoms with Crippen LogP contribution in [0.2, 0.25) is 0 Å². The van der Waals surface area contributed by atoms with Crippen LogP contribution in [-0.2, 0) is 9.59 Å². The number of amides is 1. The second kappa shape index (κ2) is 8.76. The SMILES string of the molecule is C/C(O)=C(/C#N)C(=O)NC(C)c1cc2cccc(OCCCC(=O)O)c2o1. The molecule has 3 N–H and O–H groups in total. The molecule has 0 aliphatic rings. The number of aliphatic hydroxyl groups is 1. The first kappa shape index (κ1) is 19.8. The maximum absolute atomic E-state index is 12.0. The molecular formula is C19H20N2O6. The molecule has 0 radical (unpaired) electrons. The van der Waals surface area contributed by atoms with Crippen molar-refractivity contribution in [3.63, 3.8) is 0 Å². The van der Waals surface area contributed by atoms with Gasteiger partial charge in [-0.3, -0.25) is 9.59 Å². The summed E-state index contributed by atoms with van der Waals surface area (Å²) in [5, 5.41) is 30.3. The molecule has 1 aromatic heterocycles. The lowest BCUT2D eigenvalue weighted by Crippen LogP contribution is -2.28. The van der Waals surface area contributed by atoms with Crippen LogP contribution in [0.4, 0.5) is 0 Å². The highest BCUT2D eigenvalue weighted by Gasteiger charge is 2.19. The Labute approximate surface area is 155 Å². The Morgan fingerprint density at radius 3 is 2.74 bits per heavy atom. The van der Waals surface area contributed by atoms with E-state index in [4.69, 9.17) is 19.5 Å². The van der Waals surface area contributed by atoms with Crippen molar-refractivity contribution >= 4 is 22.8 Å². The zero-order valence-electron chi connectivity index (χ0n) is 15.0. The van der Waals surface area contributed by atoms with Crippen LogP contribution in [-0.4, -0.2) is 28.7 Å². The van der Waals surface area contributed by atoms with Gasteiger partial charge in [0.1, 0.15) is 17.6 Å². The number of hydrogen-bond donors (Lipinski definition) is 3. The van der Waals surface area contributed by atoms with Gasteiger partial charge in [0.15, 0.2) is 16.9 Å². The van der Waals surface area contributed by atoms with E-state index in [1.165, 1.54) is 6.92 Å². The second-order valence-corrected chi connectivity index (χ2v) is 5.94. The number of allylic oxidation sites excluding steroid dienone is 1. The van der Waals surface area contributed by atoms with Gasteiger partial charge in [-0.05, 0) is 32.4 Å². The van der Waals surface area contributed by atoms with E-state index in [9.17, 15) is 14.7 Å². The van der Waals surface area contributed by atoms with Crippen molar-refractivity contribution in [2.75, 3.05) is 6.61 Å². The minimum atomic E-state index is -0.884. The van der Waals surface area contributed by atoms with E-state index in [-0.39, 0.29) is 24.4 Å². The molecule has 0 saturated carbocycles. The molecule has 0 aliphatic heterocycles. The lowest BCUT2D eigenvalue weighted by molar-refractivity contribution is -0.137. The molecule has 27 heavy (non-hydrogen) atoms. The van der Waals surface area contributed by atoms with Crippen LogP contribution >= 0.6 is 0 Å². The number of nitrogens with zero attached hydrogens (tertiary/aromatic N) is 1. The predicted octanol–water partition coefficient (Wildman–Crippen LogP) is 3.21. The van der Waals surface area contributed by atoms with Gasteiger partial charge in [-0.25, -0.2) is 0 Å². The van der Waals surface area contributed by atoms with Crippen molar-refractivity contribution in [2.45, 2.75) is 32.7 Å². The van der Waals surface area contributed by atoms with Gasteiger partial charge in [0.25, 0.3) is 5.91 Å². The smallest absolute Gasteiger partial charge is 0.303 e. The molecule has 0 fully saturated rings. The molecule has 2 rings (SSSR count). The number of hydrogen-bond acceptors (Lipinski definition) is 6. The average Bonchev–Trinajstić information content (AvgIpc) is 3.03. The van der Waals surface area contributed by atoms with Gasteiger partial charge in [0, 0.05) is 11.8 Å². The summed E-state index contributed by atoms with van der Waals surface area (Å²) in [6, 6.07) is 8.16. The highest BCUT2D eigenvalue weighted by atomic mass is 16.5. The number of aliphatic hydroxyl groups excluding tert-OH is 1. The van der Waals surface area contributed by atoms with Crippen molar-refractivity contribution in [2.24, 2.45) is 0 Å². The van der Waals surface area contributed by atoms with Gasteiger partial charge in [-0.1, -0.05) is 12.1 Å². The number of furan rings is 1. The number of nitriles is 1. The molecule has 0 bridgehead atoms. The maximum Gasteiger partial charge on any atom is 0.303 e. The molecule has 1 unspecified atom stereocenters. The van der Waals surface area contributed by atoms with Gasteiger partial charge in [0.05, 0.1) is 12.6 Å². The number of fused-ring (bicyclic) bond motifs is 1. The molecule has 2 aromatic rings. The fourth-order valence-corrected chi connectivity index (χ4v) is 2.42. The standard InChI is InChI=1S/C19H20N2O6/c1-11(21-19(25)14(10-20)12(2)22)16-9-13-5-3-6-15(18(13)27-16)26-8-4-7-17(23)24/h3,5-6,9,11,22H,4,7-8H2,1-2H3,(H,21,25)(H,23,24)/b14-12+. The second-order valence-electron chi connectivity index (χ2n) is 5.94. The number of carbonyl (C=O) groups is 2. The summed E-state index contributed by atoms with van der Waals surface area (Å²) >= 11 is 0. The van der Waals surface area contributed by atoms with Crippen molar-refractivity contribution in [1.29, 1.82) is 5.26 Å². The number of ether oxygens (including phenoxy) is 1. The number of rotatable bonds is 8. The Bertz CT molecular complexity index is 918. The van der Waals surface area contributed by atoms with Crippen molar-refractivity contribution in [3.8, 4) is 11.8 Å². The Balaban J connectivity index is 2.15. The lowest BCUT2D eigenvalue weighted by atomic mass is 10.2. The Kier molecular flexibility index (Phi) is 6.44. The number of benzene rings is 1. The molecule has 1 atom stereocenters. The normalized spacial score (nSPS) is 12.8. The van der Waals surface area contributed by atoms with Gasteiger partial charge >= 0.3 is 5.97 Å². The Morgan fingerprint density at radius 2 is 2.11 bits per heavy atom. The van der Waals surface area contributed by atoms with Gasteiger partial charge in [0.2, 0.25) is 0 Å². The number of aliphatic carboxylic acids is 1. The molecule has 1 aromatic carbocycles.